The number of benzene rings is 1. The summed E-state index contributed by atoms with van der Waals surface area (Å²) in [7, 11) is 0. The van der Waals surface area contributed by atoms with E-state index in [2.05, 4.69) is 31.2 Å². The molecule has 5 nitrogen and oxygen atoms in total. The van der Waals surface area contributed by atoms with E-state index in [1.807, 2.05) is 6.07 Å². The molecule has 6 heteroatoms. The summed E-state index contributed by atoms with van der Waals surface area (Å²) >= 11 is 3.15. The van der Waals surface area contributed by atoms with Gasteiger partial charge in [-0.2, -0.15) is 0 Å². The van der Waals surface area contributed by atoms with Gasteiger partial charge in [0.15, 0.2) is 5.82 Å². The molecule has 0 saturated heterocycles. The molecular weight excluding hydrogens is 286 g/mol. The van der Waals surface area contributed by atoms with Gasteiger partial charge < -0.3 is 4.74 Å². The Hall–Kier alpha value is -1.95. The van der Waals surface area contributed by atoms with Crippen molar-refractivity contribution in [3.8, 4) is 5.75 Å². The van der Waals surface area contributed by atoms with E-state index in [0.717, 1.165) is 0 Å². The lowest BCUT2D eigenvalue weighted by Crippen LogP contribution is -2.17. The smallest absolute Gasteiger partial charge is 0.410 e. The number of hydrogen-bond acceptors (Lipinski definition) is 4. The third-order valence-electron chi connectivity index (χ3n) is 1.80. The van der Waals surface area contributed by atoms with Crippen LogP contribution in [-0.4, -0.2) is 16.1 Å². The van der Waals surface area contributed by atoms with Gasteiger partial charge in [0, 0.05) is 0 Å². The third kappa shape index (κ3) is 3.53. The van der Waals surface area contributed by atoms with E-state index < -0.39 is 6.09 Å². The first-order valence-electron chi connectivity index (χ1n) is 4.75. The number of carbonyl (C=O) groups excluding carboxylic acids is 1. The second-order valence-electron chi connectivity index (χ2n) is 3.05. The van der Waals surface area contributed by atoms with E-state index in [0.29, 0.717) is 16.2 Å². The monoisotopic (exact) mass is 293 g/mol. The Balaban J connectivity index is 1.96. The van der Waals surface area contributed by atoms with Crippen LogP contribution in [0.3, 0.4) is 0 Å². The molecule has 1 N–H and O–H groups in total. The Morgan fingerprint density at radius 2 is 1.94 bits per heavy atom. The molecule has 2 aromatic rings. The van der Waals surface area contributed by atoms with Crippen molar-refractivity contribution in [3.63, 3.8) is 0 Å². The van der Waals surface area contributed by atoms with Gasteiger partial charge in [-0.15, -0.1) is 0 Å². The van der Waals surface area contributed by atoms with Crippen LogP contribution in [0.2, 0.25) is 0 Å². The zero-order chi connectivity index (χ0) is 12.1. The van der Waals surface area contributed by atoms with E-state index in [1.54, 1.807) is 24.3 Å². The summed E-state index contributed by atoms with van der Waals surface area (Å²) in [6.45, 7) is 0. The summed E-state index contributed by atoms with van der Waals surface area (Å²) in [5.41, 5.74) is 0. The molecule has 0 saturated carbocycles. The zero-order valence-corrected chi connectivity index (χ0v) is 10.2. The lowest BCUT2D eigenvalue weighted by atomic mass is 10.3. The molecule has 2 rings (SSSR count). The van der Waals surface area contributed by atoms with Gasteiger partial charge in [-0.1, -0.05) is 18.2 Å². The van der Waals surface area contributed by atoms with Crippen molar-refractivity contribution in [1.82, 2.24) is 9.97 Å². The zero-order valence-electron chi connectivity index (χ0n) is 8.63. The number of anilines is 1. The van der Waals surface area contributed by atoms with Crippen LogP contribution >= 0.6 is 15.9 Å². The van der Waals surface area contributed by atoms with Gasteiger partial charge in [-0.3, -0.25) is 5.32 Å². The van der Waals surface area contributed by atoms with Crippen LogP contribution in [0.4, 0.5) is 10.6 Å². The van der Waals surface area contributed by atoms with E-state index in [9.17, 15) is 4.79 Å². The SMILES string of the molecule is O=C(Nc1cnc(Br)cn1)Oc1ccccc1. The van der Waals surface area contributed by atoms with Gasteiger partial charge in [0.1, 0.15) is 10.4 Å². The van der Waals surface area contributed by atoms with E-state index in [1.165, 1.54) is 12.4 Å². The van der Waals surface area contributed by atoms with Crippen molar-refractivity contribution in [2.24, 2.45) is 0 Å². The quantitative estimate of drug-likeness (QED) is 0.925. The number of rotatable bonds is 2. The van der Waals surface area contributed by atoms with Crippen LogP contribution in [0.15, 0.2) is 47.3 Å². The number of aromatic nitrogens is 2. The van der Waals surface area contributed by atoms with Gasteiger partial charge in [-0.25, -0.2) is 14.8 Å². The van der Waals surface area contributed by atoms with Crippen LogP contribution in [0.5, 0.6) is 5.75 Å². The van der Waals surface area contributed by atoms with Crippen LogP contribution in [-0.2, 0) is 0 Å². The molecule has 17 heavy (non-hydrogen) atoms. The van der Waals surface area contributed by atoms with E-state index in [4.69, 9.17) is 4.74 Å². The molecule has 0 aliphatic heterocycles. The van der Waals surface area contributed by atoms with Crippen molar-refractivity contribution in [2.45, 2.75) is 0 Å². The van der Waals surface area contributed by atoms with Crippen LogP contribution in [0, 0.1) is 0 Å². The predicted molar refractivity (Wildman–Crippen MR) is 65.8 cm³/mol. The summed E-state index contributed by atoms with van der Waals surface area (Å²) in [4.78, 5) is 19.3. The molecule has 1 heterocycles. The minimum atomic E-state index is -0.604. The second-order valence-corrected chi connectivity index (χ2v) is 3.86. The lowest BCUT2D eigenvalue weighted by molar-refractivity contribution is 0.215. The van der Waals surface area contributed by atoms with E-state index >= 15 is 0 Å². The van der Waals surface area contributed by atoms with Crippen molar-refractivity contribution in [2.75, 3.05) is 5.32 Å². The standard InChI is InChI=1S/C11H8BrN3O2/c12-9-6-14-10(7-13-9)15-11(16)17-8-4-2-1-3-5-8/h1-7H,(H,14,15,16). The summed E-state index contributed by atoms with van der Waals surface area (Å²) in [5, 5.41) is 2.46. The number of ether oxygens (including phenoxy) is 1. The molecule has 1 aromatic carbocycles. The fraction of sp³-hybridized carbons (Fsp3) is 0. The number of carbonyl (C=O) groups is 1. The molecule has 0 spiro atoms. The van der Waals surface area contributed by atoms with E-state index in [-0.39, 0.29) is 0 Å². The van der Waals surface area contributed by atoms with Crippen molar-refractivity contribution in [1.29, 1.82) is 0 Å². The van der Waals surface area contributed by atoms with Crippen molar-refractivity contribution >= 4 is 27.8 Å². The average molecular weight is 294 g/mol. The van der Waals surface area contributed by atoms with Gasteiger partial charge in [0.25, 0.3) is 0 Å². The predicted octanol–water partition coefficient (Wildman–Crippen LogP) is 2.85. The highest BCUT2D eigenvalue weighted by atomic mass is 79.9. The maximum absolute atomic E-state index is 11.5. The first kappa shape index (κ1) is 11.5. The molecule has 1 aromatic heterocycles. The molecule has 0 unspecified atom stereocenters. The number of hydrogen-bond donors (Lipinski definition) is 1. The Kier molecular flexibility index (Phi) is 3.66. The number of nitrogens with one attached hydrogen (secondary N) is 1. The lowest BCUT2D eigenvalue weighted by Gasteiger charge is -2.05. The summed E-state index contributed by atoms with van der Waals surface area (Å²) < 4.78 is 5.62. The number of nitrogens with zero attached hydrogens (tertiary/aromatic N) is 2. The van der Waals surface area contributed by atoms with Crippen LogP contribution < -0.4 is 10.1 Å². The maximum Gasteiger partial charge on any atom is 0.418 e. The minimum Gasteiger partial charge on any atom is -0.410 e. The van der Waals surface area contributed by atoms with Crippen molar-refractivity contribution < 1.29 is 9.53 Å². The Morgan fingerprint density at radius 1 is 1.18 bits per heavy atom. The minimum absolute atomic E-state index is 0.328. The Morgan fingerprint density at radius 3 is 2.59 bits per heavy atom. The molecule has 0 bridgehead atoms. The molecule has 0 atom stereocenters. The maximum atomic E-state index is 11.5. The largest absolute Gasteiger partial charge is 0.418 e. The number of para-hydroxylation sites is 1. The number of amides is 1. The number of halogens is 1. The molecule has 0 aliphatic carbocycles. The third-order valence-corrected chi connectivity index (χ3v) is 2.21. The summed E-state index contributed by atoms with van der Waals surface area (Å²) in [6.07, 6.45) is 2.31. The van der Waals surface area contributed by atoms with Gasteiger partial charge >= 0.3 is 6.09 Å². The highest BCUT2D eigenvalue weighted by molar-refractivity contribution is 9.10. The van der Waals surface area contributed by atoms with Crippen LogP contribution in [0.1, 0.15) is 0 Å². The molecule has 0 fully saturated rings. The summed E-state index contributed by atoms with van der Waals surface area (Å²) in [5.74, 6) is 0.796. The topological polar surface area (TPSA) is 64.1 Å². The molecular formula is C11H8BrN3O2. The Labute approximate surface area is 106 Å². The van der Waals surface area contributed by atoms with Gasteiger partial charge in [0.2, 0.25) is 0 Å². The molecule has 86 valence electrons. The highest BCUT2D eigenvalue weighted by Gasteiger charge is 2.05. The van der Waals surface area contributed by atoms with Crippen molar-refractivity contribution in [3.05, 3.63) is 47.3 Å². The first-order chi connectivity index (χ1) is 8.24. The molecule has 0 radical (unpaired) electrons. The fourth-order valence-electron chi connectivity index (χ4n) is 1.10. The molecule has 0 aliphatic rings. The summed E-state index contributed by atoms with van der Waals surface area (Å²) in [6, 6.07) is 8.77. The Bertz CT molecular complexity index is 502. The molecule has 1 amide bonds. The fourth-order valence-corrected chi connectivity index (χ4v) is 1.31. The normalized spacial score (nSPS) is 9.71. The van der Waals surface area contributed by atoms with Gasteiger partial charge in [0.05, 0.1) is 12.4 Å². The van der Waals surface area contributed by atoms with Gasteiger partial charge in [-0.05, 0) is 28.1 Å². The first-order valence-corrected chi connectivity index (χ1v) is 5.55. The second kappa shape index (κ2) is 5.40. The average Bonchev–Trinajstić information content (AvgIpc) is 2.33. The highest BCUT2D eigenvalue weighted by Crippen LogP contribution is 2.10. The van der Waals surface area contributed by atoms with Crippen LogP contribution in [0.25, 0.3) is 0 Å².